The zero-order valence-corrected chi connectivity index (χ0v) is 13.7. The fraction of sp³-hybridized carbons (Fsp3) is 0.647. The Labute approximate surface area is 128 Å². The van der Waals surface area contributed by atoms with Crippen LogP contribution in [0.2, 0.25) is 0 Å². The van der Waals surface area contributed by atoms with Crippen molar-refractivity contribution < 1.29 is 14.6 Å². The number of ether oxygens (including phenoxy) is 2. The first-order valence-electron chi connectivity index (χ1n) is 7.64. The molecule has 1 aromatic rings. The van der Waals surface area contributed by atoms with E-state index in [-0.39, 0.29) is 12.1 Å². The number of aliphatic hydroxyl groups excluding tert-OH is 1. The van der Waals surface area contributed by atoms with Crippen LogP contribution in [-0.2, 0) is 0 Å². The van der Waals surface area contributed by atoms with Crippen molar-refractivity contribution in [3.63, 3.8) is 0 Å². The van der Waals surface area contributed by atoms with Crippen LogP contribution in [0.3, 0.4) is 0 Å². The predicted molar refractivity (Wildman–Crippen MR) is 86.1 cm³/mol. The second-order valence-corrected chi connectivity index (χ2v) is 6.00. The van der Waals surface area contributed by atoms with Gasteiger partial charge in [0.05, 0.1) is 20.3 Å². The van der Waals surface area contributed by atoms with E-state index in [0.717, 1.165) is 30.8 Å². The molecule has 0 heterocycles. The Hall–Kier alpha value is -1.26. The Morgan fingerprint density at radius 1 is 1.24 bits per heavy atom. The van der Waals surface area contributed by atoms with Gasteiger partial charge in [-0.1, -0.05) is 19.9 Å². The summed E-state index contributed by atoms with van der Waals surface area (Å²) in [5.74, 6) is 1.64. The fourth-order valence-corrected chi connectivity index (χ4v) is 2.39. The van der Waals surface area contributed by atoms with Crippen molar-refractivity contribution >= 4 is 0 Å². The van der Waals surface area contributed by atoms with Gasteiger partial charge in [0, 0.05) is 17.6 Å². The van der Waals surface area contributed by atoms with Gasteiger partial charge in [-0.25, -0.2) is 0 Å². The molecule has 0 fully saturated rings. The molecule has 2 N–H and O–H groups in total. The summed E-state index contributed by atoms with van der Waals surface area (Å²) < 4.78 is 10.9. The first-order chi connectivity index (χ1) is 9.99. The Balaban J connectivity index is 2.27. The molecule has 4 heteroatoms. The molecule has 1 unspecified atom stereocenters. The summed E-state index contributed by atoms with van der Waals surface area (Å²) in [7, 11) is 1.65. The zero-order chi connectivity index (χ0) is 15.7. The molecule has 120 valence electrons. The van der Waals surface area contributed by atoms with Crippen molar-refractivity contribution in [2.45, 2.75) is 51.6 Å². The molecule has 0 aliphatic rings. The highest BCUT2D eigenvalue weighted by molar-refractivity contribution is 5.32. The molecule has 1 aromatic carbocycles. The van der Waals surface area contributed by atoms with Gasteiger partial charge in [0.2, 0.25) is 0 Å². The summed E-state index contributed by atoms with van der Waals surface area (Å²) in [6.07, 6.45) is 2.91. The molecular formula is C17H29NO3. The van der Waals surface area contributed by atoms with E-state index in [4.69, 9.17) is 9.47 Å². The topological polar surface area (TPSA) is 50.7 Å². The number of nitrogens with one attached hydrogen (secondary N) is 1. The van der Waals surface area contributed by atoms with E-state index in [1.54, 1.807) is 7.11 Å². The van der Waals surface area contributed by atoms with E-state index >= 15 is 0 Å². The monoisotopic (exact) mass is 295 g/mol. The molecule has 1 atom stereocenters. The Kier molecular flexibility index (Phi) is 7.54. The molecular weight excluding hydrogens is 266 g/mol. The number of unbranched alkanes of at least 4 members (excludes halogenated alkanes) is 1. The van der Waals surface area contributed by atoms with E-state index in [1.807, 2.05) is 24.3 Å². The maximum atomic E-state index is 9.52. The molecule has 0 aromatic heterocycles. The van der Waals surface area contributed by atoms with E-state index in [0.29, 0.717) is 12.6 Å². The molecule has 21 heavy (non-hydrogen) atoms. The zero-order valence-electron chi connectivity index (χ0n) is 13.7. The van der Waals surface area contributed by atoms with Crippen LogP contribution in [0, 0.1) is 0 Å². The lowest BCUT2D eigenvalue weighted by atomic mass is 9.95. The molecule has 0 saturated heterocycles. The molecule has 0 spiro atoms. The normalized spacial score (nSPS) is 14.0. The maximum Gasteiger partial charge on any atom is 0.122 e. The minimum Gasteiger partial charge on any atom is -0.497 e. The van der Waals surface area contributed by atoms with Crippen molar-refractivity contribution in [3.8, 4) is 11.5 Å². The van der Waals surface area contributed by atoms with Gasteiger partial charge < -0.3 is 19.9 Å². The lowest BCUT2D eigenvalue weighted by Gasteiger charge is -2.31. The minimum absolute atomic E-state index is 0.155. The Morgan fingerprint density at radius 3 is 2.57 bits per heavy atom. The van der Waals surface area contributed by atoms with Crippen molar-refractivity contribution in [2.75, 3.05) is 20.3 Å². The van der Waals surface area contributed by atoms with Gasteiger partial charge in [-0.2, -0.15) is 0 Å². The van der Waals surface area contributed by atoms with Gasteiger partial charge in [0.15, 0.2) is 0 Å². The Morgan fingerprint density at radius 2 is 1.95 bits per heavy atom. The SMILES string of the molecule is COc1cccc(OCCCCC(C)(CO)NC(C)C)c1. The quantitative estimate of drug-likeness (QED) is 0.652. The number of hydrogen-bond donors (Lipinski definition) is 2. The minimum atomic E-state index is -0.204. The van der Waals surface area contributed by atoms with Crippen LogP contribution in [0.5, 0.6) is 11.5 Å². The summed E-state index contributed by atoms with van der Waals surface area (Å²) in [4.78, 5) is 0. The number of rotatable bonds is 10. The van der Waals surface area contributed by atoms with Crippen molar-refractivity contribution in [1.29, 1.82) is 0 Å². The van der Waals surface area contributed by atoms with Gasteiger partial charge in [0.1, 0.15) is 11.5 Å². The standard InChI is InChI=1S/C17H29NO3/c1-14(2)18-17(3,13-19)10-5-6-11-21-16-9-7-8-15(12-16)20-4/h7-9,12,14,18-19H,5-6,10-11,13H2,1-4H3. The third-order valence-corrected chi connectivity index (χ3v) is 3.42. The average Bonchev–Trinajstić information content (AvgIpc) is 2.46. The predicted octanol–water partition coefficient (Wildman–Crippen LogP) is 2.99. The fourth-order valence-electron chi connectivity index (χ4n) is 2.39. The second kappa shape index (κ2) is 8.90. The van der Waals surface area contributed by atoms with Crippen molar-refractivity contribution in [3.05, 3.63) is 24.3 Å². The van der Waals surface area contributed by atoms with Crippen LogP contribution in [0.1, 0.15) is 40.0 Å². The molecule has 1 rings (SSSR count). The molecule has 0 aliphatic carbocycles. The summed E-state index contributed by atoms with van der Waals surface area (Å²) in [5.41, 5.74) is -0.204. The largest absolute Gasteiger partial charge is 0.497 e. The second-order valence-electron chi connectivity index (χ2n) is 6.00. The highest BCUT2D eigenvalue weighted by Crippen LogP contribution is 2.19. The molecule has 0 aliphatic heterocycles. The average molecular weight is 295 g/mol. The van der Waals surface area contributed by atoms with E-state index in [9.17, 15) is 5.11 Å². The van der Waals surface area contributed by atoms with Crippen LogP contribution in [-0.4, -0.2) is 37.0 Å². The van der Waals surface area contributed by atoms with Gasteiger partial charge in [-0.15, -0.1) is 0 Å². The smallest absolute Gasteiger partial charge is 0.122 e. The lowest BCUT2D eigenvalue weighted by molar-refractivity contribution is 0.152. The molecule has 4 nitrogen and oxygen atoms in total. The maximum absolute atomic E-state index is 9.52. The van der Waals surface area contributed by atoms with Gasteiger partial charge in [-0.3, -0.25) is 0 Å². The first-order valence-corrected chi connectivity index (χ1v) is 7.64. The Bertz CT molecular complexity index is 409. The molecule has 0 saturated carbocycles. The van der Waals surface area contributed by atoms with Crippen LogP contribution >= 0.6 is 0 Å². The van der Waals surface area contributed by atoms with Gasteiger partial charge in [-0.05, 0) is 38.3 Å². The van der Waals surface area contributed by atoms with Crippen LogP contribution in [0.4, 0.5) is 0 Å². The van der Waals surface area contributed by atoms with Gasteiger partial charge >= 0.3 is 0 Å². The van der Waals surface area contributed by atoms with Crippen LogP contribution in [0.25, 0.3) is 0 Å². The van der Waals surface area contributed by atoms with E-state index in [2.05, 4.69) is 26.1 Å². The number of aliphatic hydroxyl groups is 1. The van der Waals surface area contributed by atoms with Crippen LogP contribution < -0.4 is 14.8 Å². The highest BCUT2D eigenvalue weighted by Gasteiger charge is 2.22. The summed E-state index contributed by atoms with van der Waals surface area (Å²) in [6, 6.07) is 8.01. The molecule has 0 bridgehead atoms. The molecule has 0 radical (unpaired) electrons. The number of methoxy groups -OCH3 is 1. The van der Waals surface area contributed by atoms with Gasteiger partial charge in [0.25, 0.3) is 0 Å². The third kappa shape index (κ3) is 6.82. The van der Waals surface area contributed by atoms with Crippen LogP contribution in [0.15, 0.2) is 24.3 Å². The summed E-state index contributed by atoms with van der Waals surface area (Å²) >= 11 is 0. The van der Waals surface area contributed by atoms with E-state index < -0.39 is 0 Å². The number of hydrogen-bond acceptors (Lipinski definition) is 4. The van der Waals surface area contributed by atoms with Crippen molar-refractivity contribution in [2.24, 2.45) is 0 Å². The lowest BCUT2D eigenvalue weighted by Crippen LogP contribution is -2.49. The number of benzene rings is 1. The summed E-state index contributed by atoms with van der Waals surface area (Å²) in [6.45, 7) is 7.09. The molecule has 0 amide bonds. The summed E-state index contributed by atoms with van der Waals surface area (Å²) in [5, 5.41) is 12.9. The van der Waals surface area contributed by atoms with E-state index in [1.165, 1.54) is 0 Å². The van der Waals surface area contributed by atoms with Crippen molar-refractivity contribution in [1.82, 2.24) is 5.32 Å². The highest BCUT2D eigenvalue weighted by atomic mass is 16.5. The third-order valence-electron chi connectivity index (χ3n) is 3.42. The first kappa shape index (κ1) is 17.8.